The van der Waals surface area contributed by atoms with E-state index in [1.807, 2.05) is 32.2 Å². The Bertz CT molecular complexity index is 554. The van der Waals surface area contributed by atoms with Crippen molar-refractivity contribution in [2.45, 2.75) is 33.7 Å². The highest BCUT2D eigenvalue weighted by atomic mass is 16.5. The second-order valence-corrected chi connectivity index (χ2v) is 4.68. The zero-order chi connectivity index (χ0) is 14.4. The van der Waals surface area contributed by atoms with E-state index in [9.17, 15) is 0 Å². The van der Waals surface area contributed by atoms with E-state index in [-0.39, 0.29) is 0 Å². The average molecular weight is 272 g/mol. The molecule has 0 fully saturated rings. The summed E-state index contributed by atoms with van der Waals surface area (Å²) in [6.45, 7) is 7.81. The molecule has 0 radical (unpaired) electrons. The van der Waals surface area contributed by atoms with Gasteiger partial charge in [0.15, 0.2) is 0 Å². The third kappa shape index (κ3) is 3.99. The Kier molecular flexibility index (Phi) is 5.01. The third-order valence-electron chi connectivity index (χ3n) is 2.89. The van der Waals surface area contributed by atoms with Crippen LogP contribution in [0.1, 0.15) is 30.3 Å². The maximum Gasteiger partial charge on any atom is 0.322 e. The minimum Gasteiger partial charge on any atom is -0.423 e. The van der Waals surface area contributed by atoms with Crippen molar-refractivity contribution in [3.63, 3.8) is 0 Å². The van der Waals surface area contributed by atoms with Crippen LogP contribution in [0.15, 0.2) is 24.5 Å². The van der Waals surface area contributed by atoms with Gasteiger partial charge in [-0.05, 0) is 38.9 Å². The van der Waals surface area contributed by atoms with Crippen molar-refractivity contribution in [1.29, 1.82) is 0 Å². The normalized spacial score (nSPS) is 10.6. The largest absolute Gasteiger partial charge is 0.423 e. The molecule has 2 heterocycles. The molecule has 0 aliphatic rings. The van der Waals surface area contributed by atoms with E-state index in [2.05, 4.69) is 27.2 Å². The molecule has 2 rings (SSSR count). The van der Waals surface area contributed by atoms with Crippen LogP contribution in [0.5, 0.6) is 11.8 Å². The average Bonchev–Trinajstić information content (AvgIpc) is 2.44. The Morgan fingerprint density at radius 3 is 2.65 bits per heavy atom. The molecule has 2 aromatic heterocycles. The summed E-state index contributed by atoms with van der Waals surface area (Å²) in [4.78, 5) is 12.8. The number of nitrogens with one attached hydrogen (secondary N) is 1. The minimum atomic E-state index is 0.354. The first-order valence-electron chi connectivity index (χ1n) is 6.82. The summed E-state index contributed by atoms with van der Waals surface area (Å²) in [5.41, 5.74) is 2.97. The van der Waals surface area contributed by atoms with Gasteiger partial charge in [-0.15, -0.1) is 0 Å². The molecule has 2 aromatic rings. The van der Waals surface area contributed by atoms with Crippen LogP contribution in [-0.4, -0.2) is 21.5 Å². The SMILES string of the molecule is CCCNCc1cnc(Oc2ccc(C)nc2)nc1C. The summed E-state index contributed by atoms with van der Waals surface area (Å²) in [5.74, 6) is 0.645. The molecule has 0 unspecified atom stereocenters. The fraction of sp³-hybridized carbons (Fsp3) is 0.400. The van der Waals surface area contributed by atoms with Gasteiger partial charge in [-0.3, -0.25) is 4.98 Å². The van der Waals surface area contributed by atoms with Crippen molar-refractivity contribution < 1.29 is 4.74 Å². The molecular formula is C15H20N4O. The Morgan fingerprint density at radius 2 is 2.00 bits per heavy atom. The van der Waals surface area contributed by atoms with E-state index in [0.717, 1.165) is 36.5 Å². The number of hydrogen-bond donors (Lipinski definition) is 1. The number of hydrogen-bond acceptors (Lipinski definition) is 5. The summed E-state index contributed by atoms with van der Waals surface area (Å²) in [6, 6.07) is 4.11. The van der Waals surface area contributed by atoms with E-state index in [1.54, 1.807) is 6.20 Å². The van der Waals surface area contributed by atoms with E-state index < -0.39 is 0 Å². The first-order chi connectivity index (χ1) is 9.69. The molecule has 0 spiro atoms. The fourth-order valence-electron chi connectivity index (χ4n) is 1.71. The molecule has 0 aliphatic carbocycles. The Balaban J connectivity index is 2.03. The number of nitrogens with zero attached hydrogens (tertiary/aromatic N) is 3. The van der Waals surface area contributed by atoms with Gasteiger partial charge >= 0.3 is 6.01 Å². The van der Waals surface area contributed by atoms with Crippen LogP contribution in [0.4, 0.5) is 0 Å². The van der Waals surface area contributed by atoms with E-state index in [4.69, 9.17) is 4.74 Å². The van der Waals surface area contributed by atoms with Gasteiger partial charge in [0.1, 0.15) is 5.75 Å². The third-order valence-corrected chi connectivity index (χ3v) is 2.89. The molecule has 1 N–H and O–H groups in total. The van der Waals surface area contributed by atoms with Crippen LogP contribution in [0.25, 0.3) is 0 Å². The smallest absolute Gasteiger partial charge is 0.322 e. The highest BCUT2D eigenvalue weighted by Crippen LogP contribution is 2.17. The van der Waals surface area contributed by atoms with Crippen LogP contribution < -0.4 is 10.1 Å². The van der Waals surface area contributed by atoms with Crippen molar-refractivity contribution in [3.05, 3.63) is 41.5 Å². The first-order valence-corrected chi connectivity index (χ1v) is 6.82. The van der Waals surface area contributed by atoms with Gasteiger partial charge in [0, 0.05) is 29.7 Å². The molecule has 0 aliphatic heterocycles. The van der Waals surface area contributed by atoms with Gasteiger partial charge in [-0.25, -0.2) is 4.98 Å². The van der Waals surface area contributed by atoms with E-state index >= 15 is 0 Å². The first kappa shape index (κ1) is 14.4. The molecule has 20 heavy (non-hydrogen) atoms. The monoisotopic (exact) mass is 272 g/mol. The second-order valence-electron chi connectivity index (χ2n) is 4.68. The Hall–Kier alpha value is -2.01. The molecule has 5 heteroatoms. The molecule has 0 aromatic carbocycles. The molecule has 0 atom stereocenters. The molecule has 0 bridgehead atoms. The standard InChI is InChI=1S/C15H20N4O/c1-4-7-16-8-13-9-18-15(19-12(13)3)20-14-6-5-11(2)17-10-14/h5-6,9-10,16H,4,7-8H2,1-3H3. The van der Waals surface area contributed by atoms with Crippen LogP contribution >= 0.6 is 0 Å². The molecular weight excluding hydrogens is 252 g/mol. The zero-order valence-corrected chi connectivity index (χ0v) is 12.2. The molecule has 0 saturated carbocycles. The number of rotatable bonds is 6. The number of pyridine rings is 1. The van der Waals surface area contributed by atoms with Crippen LogP contribution in [0.3, 0.4) is 0 Å². The highest BCUT2D eigenvalue weighted by molar-refractivity contribution is 5.24. The van der Waals surface area contributed by atoms with Gasteiger partial charge < -0.3 is 10.1 Å². The van der Waals surface area contributed by atoms with E-state index in [0.29, 0.717) is 11.8 Å². The van der Waals surface area contributed by atoms with E-state index in [1.165, 1.54) is 0 Å². The summed E-state index contributed by atoms with van der Waals surface area (Å²) >= 11 is 0. The Labute approximate surface area is 119 Å². The fourth-order valence-corrected chi connectivity index (χ4v) is 1.71. The van der Waals surface area contributed by atoms with Crippen LogP contribution in [-0.2, 0) is 6.54 Å². The van der Waals surface area contributed by atoms with Crippen molar-refractivity contribution in [2.75, 3.05) is 6.54 Å². The summed E-state index contributed by atoms with van der Waals surface area (Å²) in [7, 11) is 0. The lowest BCUT2D eigenvalue weighted by molar-refractivity contribution is 0.437. The molecule has 5 nitrogen and oxygen atoms in total. The highest BCUT2D eigenvalue weighted by Gasteiger charge is 2.05. The quantitative estimate of drug-likeness (QED) is 0.819. The maximum absolute atomic E-state index is 5.59. The maximum atomic E-state index is 5.59. The van der Waals surface area contributed by atoms with Gasteiger partial charge in [-0.2, -0.15) is 4.98 Å². The summed E-state index contributed by atoms with van der Waals surface area (Å²) in [5, 5.41) is 3.34. The summed E-state index contributed by atoms with van der Waals surface area (Å²) in [6.07, 6.45) is 4.59. The van der Waals surface area contributed by atoms with Crippen molar-refractivity contribution in [3.8, 4) is 11.8 Å². The predicted octanol–water partition coefficient (Wildman–Crippen LogP) is 2.78. The number of aryl methyl sites for hydroxylation is 2. The molecule has 106 valence electrons. The van der Waals surface area contributed by atoms with Gasteiger partial charge in [-0.1, -0.05) is 6.92 Å². The summed E-state index contributed by atoms with van der Waals surface area (Å²) < 4.78 is 5.59. The van der Waals surface area contributed by atoms with Crippen molar-refractivity contribution in [2.24, 2.45) is 0 Å². The van der Waals surface area contributed by atoms with Crippen molar-refractivity contribution in [1.82, 2.24) is 20.3 Å². The number of aromatic nitrogens is 3. The predicted molar refractivity (Wildman–Crippen MR) is 77.8 cm³/mol. The van der Waals surface area contributed by atoms with Gasteiger partial charge in [0.2, 0.25) is 0 Å². The number of ether oxygens (including phenoxy) is 1. The molecule has 0 amide bonds. The Morgan fingerprint density at radius 1 is 1.15 bits per heavy atom. The van der Waals surface area contributed by atoms with Gasteiger partial charge in [0.05, 0.1) is 6.20 Å². The second kappa shape index (κ2) is 6.96. The van der Waals surface area contributed by atoms with Crippen LogP contribution in [0.2, 0.25) is 0 Å². The minimum absolute atomic E-state index is 0.354. The van der Waals surface area contributed by atoms with Crippen LogP contribution in [0, 0.1) is 13.8 Å². The zero-order valence-electron chi connectivity index (χ0n) is 12.2. The van der Waals surface area contributed by atoms with Gasteiger partial charge in [0.25, 0.3) is 0 Å². The topological polar surface area (TPSA) is 59.9 Å². The molecule has 0 saturated heterocycles. The lowest BCUT2D eigenvalue weighted by Gasteiger charge is -2.08. The van der Waals surface area contributed by atoms with Crippen molar-refractivity contribution >= 4 is 0 Å². The lowest BCUT2D eigenvalue weighted by Crippen LogP contribution is -2.15. The lowest BCUT2D eigenvalue weighted by atomic mass is 10.2.